The second-order valence-corrected chi connectivity index (χ2v) is 8.69. The third-order valence-corrected chi connectivity index (χ3v) is 6.56. The van der Waals surface area contributed by atoms with Gasteiger partial charge in [0.15, 0.2) is 5.78 Å². The quantitative estimate of drug-likeness (QED) is 0.516. The van der Waals surface area contributed by atoms with Crippen molar-refractivity contribution in [1.82, 2.24) is 14.9 Å². The molecule has 3 aromatic rings. The summed E-state index contributed by atoms with van der Waals surface area (Å²) in [4.78, 5) is 30.7. The highest BCUT2D eigenvalue weighted by molar-refractivity contribution is 6.00. The van der Waals surface area contributed by atoms with Crippen molar-refractivity contribution in [3.63, 3.8) is 0 Å². The Kier molecular flexibility index (Phi) is 6.36. The third-order valence-electron chi connectivity index (χ3n) is 6.56. The predicted molar refractivity (Wildman–Crippen MR) is 128 cm³/mol. The van der Waals surface area contributed by atoms with Crippen LogP contribution in [0.5, 0.6) is 5.75 Å². The molecule has 0 saturated heterocycles. The number of hydrogen-bond donors (Lipinski definition) is 1. The minimum absolute atomic E-state index is 0. The van der Waals surface area contributed by atoms with Crippen LogP contribution in [0.15, 0.2) is 60.9 Å². The fourth-order valence-corrected chi connectivity index (χ4v) is 4.56. The summed E-state index contributed by atoms with van der Waals surface area (Å²) >= 11 is 0. The summed E-state index contributed by atoms with van der Waals surface area (Å²) in [5.74, 6) is 1.54. The lowest BCUT2D eigenvalue weighted by Gasteiger charge is -2.21. The van der Waals surface area contributed by atoms with Crippen molar-refractivity contribution in [3.05, 3.63) is 77.9 Å². The van der Waals surface area contributed by atoms with Crippen LogP contribution in [-0.4, -0.2) is 27.8 Å². The van der Waals surface area contributed by atoms with Crippen LogP contribution in [0.3, 0.4) is 0 Å². The Morgan fingerprint density at radius 1 is 1.15 bits per heavy atom. The van der Waals surface area contributed by atoms with Crippen molar-refractivity contribution in [2.45, 2.75) is 52.5 Å². The number of ketones is 1. The zero-order valence-electron chi connectivity index (χ0n) is 18.2. The number of carbonyl (C=O) groups is 2. The van der Waals surface area contributed by atoms with Crippen LogP contribution >= 0.6 is 0 Å². The van der Waals surface area contributed by atoms with Gasteiger partial charge in [0.25, 0.3) is 0 Å². The number of para-hydroxylation sites is 1. The molecule has 2 heterocycles. The molecule has 6 nitrogen and oxygen atoms in total. The lowest BCUT2D eigenvalue weighted by Crippen LogP contribution is -2.37. The van der Waals surface area contributed by atoms with E-state index in [9.17, 15) is 9.59 Å². The van der Waals surface area contributed by atoms with Crippen LogP contribution in [0.4, 0.5) is 0 Å². The van der Waals surface area contributed by atoms with Gasteiger partial charge in [-0.3, -0.25) is 9.59 Å². The van der Waals surface area contributed by atoms with E-state index in [1.807, 2.05) is 25.3 Å². The third kappa shape index (κ3) is 4.42. The number of hydrogen-bond acceptors (Lipinski definition) is 4. The van der Waals surface area contributed by atoms with Crippen LogP contribution in [0.25, 0.3) is 5.69 Å². The molecule has 33 heavy (non-hydrogen) atoms. The van der Waals surface area contributed by atoms with E-state index in [0.717, 1.165) is 42.9 Å². The van der Waals surface area contributed by atoms with Crippen LogP contribution in [-0.2, 0) is 11.2 Å². The molecule has 0 radical (unpaired) electrons. The van der Waals surface area contributed by atoms with E-state index in [2.05, 4.69) is 27.0 Å². The monoisotopic (exact) mass is 445 g/mol. The van der Waals surface area contributed by atoms with Gasteiger partial charge in [0.2, 0.25) is 5.91 Å². The first-order chi connectivity index (χ1) is 15.6. The molecule has 6 heteroatoms. The fourth-order valence-electron chi connectivity index (χ4n) is 4.56. The highest BCUT2D eigenvalue weighted by atomic mass is 16.5. The summed E-state index contributed by atoms with van der Waals surface area (Å²) in [6, 6.07) is 15.3. The maximum atomic E-state index is 13.3. The molecule has 1 atom stereocenters. The number of nitrogens with one attached hydrogen (secondary N) is 1. The van der Waals surface area contributed by atoms with Crippen LogP contribution in [0.2, 0.25) is 0 Å². The maximum Gasteiger partial charge on any atom is 0.227 e. The summed E-state index contributed by atoms with van der Waals surface area (Å²) in [5.41, 5.74) is 2.37. The molecule has 0 bridgehead atoms. The number of amides is 1. The summed E-state index contributed by atoms with van der Waals surface area (Å²) in [6.07, 6.45) is 7.07. The van der Waals surface area contributed by atoms with Gasteiger partial charge in [-0.2, -0.15) is 0 Å². The van der Waals surface area contributed by atoms with Crippen molar-refractivity contribution in [2.75, 3.05) is 6.61 Å². The largest absolute Gasteiger partial charge is 0.494 e. The highest BCUT2D eigenvalue weighted by Crippen LogP contribution is 2.50. The van der Waals surface area contributed by atoms with E-state index in [0.29, 0.717) is 12.2 Å². The fraction of sp³-hybridized carbons (Fsp3) is 0.370. The first-order valence-electron chi connectivity index (χ1n) is 11.3. The first-order valence-corrected chi connectivity index (χ1v) is 11.3. The number of imidazole rings is 1. The Morgan fingerprint density at radius 3 is 2.64 bits per heavy atom. The molecular weight excluding hydrogens is 414 g/mol. The number of Topliss-reactive ketones (excluding diaryl/α,β-unsaturated/α-hetero) is 1. The Hall–Kier alpha value is -3.41. The molecule has 2 aromatic carbocycles. The molecule has 1 aliphatic heterocycles. The van der Waals surface area contributed by atoms with Crippen molar-refractivity contribution >= 4 is 11.7 Å². The van der Waals surface area contributed by atoms with E-state index in [4.69, 9.17) is 4.74 Å². The molecule has 2 aliphatic rings. The molecule has 1 N–H and O–H groups in total. The smallest absolute Gasteiger partial charge is 0.227 e. The van der Waals surface area contributed by atoms with Gasteiger partial charge in [0.05, 0.1) is 18.1 Å². The van der Waals surface area contributed by atoms with Gasteiger partial charge in [0, 0.05) is 30.1 Å². The number of ether oxygens (including phenoxy) is 1. The summed E-state index contributed by atoms with van der Waals surface area (Å²) in [7, 11) is 0. The Bertz CT molecular complexity index is 1150. The normalized spacial score (nSPS) is 17.5. The number of nitrogens with zero attached hydrogens (tertiary/aromatic N) is 2. The zero-order chi connectivity index (χ0) is 22.1. The number of carbonyl (C=O) groups excluding carboxylic acids is 2. The first kappa shape index (κ1) is 22.8. The van der Waals surface area contributed by atoms with Gasteiger partial charge in [-0.15, -0.1) is 0 Å². The van der Waals surface area contributed by atoms with Gasteiger partial charge in [0.1, 0.15) is 11.6 Å². The van der Waals surface area contributed by atoms with Crippen LogP contribution in [0.1, 0.15) is 67.8 Å². The Labute approximate surface area is 195 Å². The molecule has 1 saturated carbocycles. The van der Waals surface area contributed by atoms with Gasteiger partial charge in [-0.05, 0) is 68.5 Å². The van der Waals surface area contributed by atoms with Crippen molar-refractivity contribution in [2.24, 2.45) is 5.41 Å². The number of aryl methyl sites for hydroxylation is 1. The lowest BCUT2D eigenvalue weighted by atomic mass is 9.94. The topological polar surface area (TPSA) is 73.2 Å². The summed E-state index contributed by atoms with van der Waals surface area (Å²) < 4.78 is 7.52. The number of aromatic nitrogens is 2. The van der Waals surface area contributed by atoms with Gasteiger partial charge in [-0.1, -0.05) is 25.6 Å². The predicted octanol–water partition coefficient (Wildman–Crippen LogP) is 5.06. The molecule has 1 aromatic heterocycles. The number of benzene rings is 2. The number of rotatable bonds is 7. The second-order valence-electron chi connectivity index (χ2n) is 8.69. The SMILES string of the molecule is C.CCOc1ccc(C(=O)CC2(C(=O)N[C@@H]3CCc4ccccc4-n4ccnc43)CC2)cc1. The van der Waals surface area contributed by atoms with Crippen molar-refractivity contribution in [3.8, 4) is 11.4 Å². The van der Waals surface area contributed by atoms with E-state index >= 15 is 0 Å². The second kappa shape index (κ2) is 9.22. The Morgan fingerprint density at radius 2 is 1.91 bits per heavy atom. The van der Waals surface area contributed by atoms with E-state index in [1.54, 1.807) is 30.5 Å². The number of fused-ring (bicyclic) bond motifs is 3. The van der Waals surface area contributed by atoms with Crippen LogP contribution in [0, 0.1) is 5.41 Å². The minimum Gasteiger partial charge on any atom is -0.494 e. The molecule has 1 fully saturated rings. The average Bonchev–Trinajstić information content (AvgIpc) is 3.46. The molecule has 0 spiro atoms. The Balaban J connectivity index is 0.00000259. The van der Waals surface area contributed by atoms with E-state index < -0.39 is 5.41 Å². The van der Waals surface area contributed by atoms with E-state index in [1.165, 1.54) is 5.56 Å². The molecule has 1 aliphatic carbocycles. The molecule has 1 amide bonds. The van der Waals surface area contributed by atoms with Crippen molar-refractivity contribution < 1.29 is 14.3 Å². The standard InChI is InChI=1S/C26H27N3O3.CH4/c1-2-32-20-10-7-19(8-11-20)23(30)17-26(13-14-26)25(31)28-21-12-9-18-5-3-4-6-22(18)29-16-15-27-24(21)29;/h3-8,10-11,15-16,21H,2,9,12-14,17H2,1H3,(H,28,31);1H4/t21-;/m1./s1. The van der Waals surface area contributed by atoms with Gasteiger partial charge < -0.3 is 14.6 Å². The molecule has 172 valence electrons. The molecular formula is C27H31N3O3. The lowest BCUT2D eigenvalue weighted by molar-refractivity contribution is -0.127. The maximum absolute atomic E-state index is 13.3. The highest BCUT2D eigenvalue weighted by Gasteiger charge is 2.51. The van der Waals surface area contributed by atoms with Gasteiger partial charge in [-0.25, -0.2) is 4.98 Å². The van der Waals surface area contributed by atoms with Gasteiger partial charge >= 0.3 is 0 Å². The molecule has 0 unspecified atom stereocenters. The minimum atomic E-state index is -0.605. The summed E-state index contributed by atoms with van der Waals surface area (Å²) in [6.45, 7) is 2.51. The van der Waals surface area contributed by atoms with Crippen molar-refractivity contribution in [1.29, 1.82) is 0 Å². The van der Waals surface area contributed by atoms with Crippen LogP contribution < -0.4 is 10.1 Å². The van der Waals surface area contributed by atoms with E-state index in [-0.39, 0.29) is 31.6 Å². The summed E-state index contributed by atoms with van der Waals surface area (Å²) in [5, 5.41) is 3.23. The molecule has 5 rings (SSSR count). The average molecular weight is 446 g/mol. The zero-order valence-corrected chi connectivity index (χ0v) is 18.2.